The van der Waals surface area contributed by atoms with Crippen molar-refractivity contribution < 1.29 is 8.78 Å². The minimum absolute atomic E-state index is 0.106. The molecule has 0 N–H and O–H groups in total. The lowest BCUT2D eigenvalue weighted by molar-refractivity contribution is -0.118. The highest BCUT2D eigenvalue weighted by Gasteiger charge is 2.44. The van der Waals surface area contributed by atoms with Crippen molar-refractivity contribution in [1.82, 2.24) is 4.90 Å². The summed E-state index contributed by atoms with van der Waals surface area (Å²) >= 11 is 0. The molecule has 0 aromatic carbocycles. The van der Waals surface area contributed by atoms with Gasteiger partial charge in [0.1, 0.15) is 0 Å². The molecule has 1 saturated heterocycles. The molecule has 0 aliphatic carbocycles. The van der Waals surface area contributed by atoms with Gasteiger partial charge < -0.3 is 4.90 Å². The number of alkyl halides is 2. The van der Waals surface area contributed by atoms with Crippen LogP contribution in [0, 0.1) is 5.92 Å². The van der Waals surface area contributed by atoms with E-state index in [1.54, 1.807) is 4.90 Å². The highest BCUT2D eigenvalue weighted by Crippen LogP contribution is 2.32. The quantitative estimate of drug-likeness (QED) is 0.623. The summed E-state index contributed by atoms with van der Waals surface area (Å²) in [4.78, 5) is 1.74. The molecule has 0 amide bonds. The van der Waals surface area contributed by atoms with Crippen LogP contribution in [0.1, 0.15) is 20.8 Å². The summed E-state index contributed by atoms with van der Waals surface area (Å²) in [5.74, 6) is -2.12. The van der Waals surface area contributed by atoms with Crippen LogP contribution in [0.25, 0.3) is 0 Å². The van der Waals surface area contributed by atoms with Crippen molar-refractivity contribution in [3.8, 4) is 0 Å². The van der Waals surface area contributed by atoms with Crippen LogP contribution in [0.3, 0.4) is 0 Å². The van der Waals surface area contributed by atoms with Crippen molar-refractivity contribution in [1.29, 1.82) is 0 Å². The maximum absolute atomic E-state index is 12.5. The van der Waals surface area contributed by atoms with Crippen molar-refractivity contribution in [2.24, 2.45) is 5.92 Å². The van der Waals surface area contributed by atoms with Gasteiger partial charge in [-0.2, -0.15) is 0 Å². The van der Waals surface area contributed by atoms with E-state index in [0.29, 0.717) is 5.92 Å². The van der Waals surface area contributed by atoms with E-state index in [0.717, 1.165) is 5.70 Å². The fourth-order valence-corrected chi connectivity index (χ4v) is 1.58. The maximum atomic E-state index is 12.5. The first kappa shape index (κ1) is 9.49. The zero-order valence-electron chi connectivity index (χ0n) is 7.77. The molecule has 1 nitrogen and oxygen atoms in total. The number of nitrogens with zero attached hydrogens (tertiary/aromatic N) is 1. The van der Waals surface area contributed by atoms with Crippen LogP contribution < -0.4 is 0 Å². The first-order chi connectivity index (χ1) is 5.46. The molecule has 0 saturated carbocycles. The molecule has 70 valence electrons. The van der Waals surface area contributed by atoms with Gasteiger partial charge in [0.05, 0.1) is 13.1 Å². The molecular weight excluding hydrogens is 160 g/mol. The molecule has 1 aliphatic rings. The molecule has 0 atom stereocenters. The summed E-state index contributed by atoms with van der Waals surface area (Å²) in [5.41, 5.74) is 1.03. The average Bonchev–Trinajstić information content (AvgIpc) is 1.84. The van der Waals surface area contributed by atoms with Crippen LogP contribution >= 0.6 is 0 Å². The molecule has 1 fully saturated rings. The molecule has 0 spiro atoms. The zero-order chi connectivity index (χ0) is 9.35. The highest BCUT2D eigenvalue weighted by molar-refractivity contribution is 5.09. The minimum Gasteiger partial charge on any atom is -0.363 e. The Morgan fingerprint density at radius 3 is 2.17 bits per heavy atom. The van der Waals surface area contributed by atoms with Gasteiger partial charge in [-0.1, -0.05) is 19.9 Å². The van der Waals surface area contributed by atoms with Crippen LogP contribution in [-0.2, 0) is 0 Å². The maximum Gasteiger partial charge on any atom is 0.282 e. The van der Waals surface area contributed by atoms with Gasteiger partial charge >= 0.3 is 0 Å². The van der Waals surface area contributed by atoms with E-state index in [1.807, 2.05) is 26.8 Å². The van der Waals surface area contributed by atoms with Gasteiger partial charge in [-0.05, 0) is 12.8 Å². The van der Waals surface area contributed by atoms with Gasteiger partial charge in [0.2, 0.25) is 0 Å². The van der Waals surface area contributed by atoms with Crippen molar-refractivity contribution >= 4 is 0 Å². The van der Waals surface area contributed by atoms with E-state index in [1.165, 1.54) is 0 Å². The van der Waals surface area contributed by atoms with E-state index in [9.17, 15) is 8.78 Å². The summed E-state index contributed by atoms with van der Waals surface area (Å²) < 4.78 is 25.0. The predicted molar refractivity (Wildman–Crippen MR) is 45.1 cm³/mol. The lowest BCUT2D eigenvalue weighted by Crippen LogP contribution is -2.55. The standard InChI is InChI=1S/C9H15F2N/c1-4-8(7(2)3)12-5-9(10,11)6-12/h4,7H,5-6H2,1-3H3/b8-4-. The normalized spacial score (nSPS) is 22.8. The van der Waals surface area contributed by atoms with Crippen LogP contribution in [0.5, 0.6) is 0 Å². The summed E-state index contributed by atoms with van der Waals surface area (Å²) in [7, 11) is 0. The molecule has 3 heteroatoms. The van der Waals surface area contributed by atoms with Crippen molar-refractivity contribution in [3.63, 3.8) is 0 Å². The molecule has 0 aromatic heterocycles. The smallest absolute Gasteiger partial charge is 0.282 e. The first-order valence-corrected chi connectivity index (χ1v) is 4.25. The van der Waals surface area contributed by atoms with Gasteiger partial charge in [0, 0.05) is 5.70 Å². The molecule has 1 aliphatic heterocycles. The summed E-state index contributed by atoms with van der Waals surface area (Å²) in [6.45, 7) is 5.72. The third-order valence-electron chi connectivity index (χ3n) is 2.10. The molecule has 0 radical (unpaired) electrons. The summed E-state index contributed by atoms with van der Waals surface area (Å²) in [6, 6.07) is 0. The third-order valence-corrected chi connectivity index (χ3v) is 2.10. The average molecular weight is 175 g/mol. The minimum atomic E-state index is -2.46. The van der Waals surface area contributed by atoms with E-state index >= 15 is 0 Å². The molecule has 12 heavy (non-hydrogen) atoms. The van der Waals surface area contributed by atoms with E-state index in [2.05, 4.69) is 0 Å². The van der Waals surface area contributed by atoms with Gasteiger partial charge in [-0.25, -0.2) is 8.78 Å². The Morgan fingerprint density at radius 1 is 1.42 bits per heavy atom. The van der Waals surface area contributed by atoms with Gasteiger partial charge in [-0.3, -0.25) is 0 Å². The Kier molecular flexibility index (Phi) is 2.40. The van der Waals surface area contributed by atoms with Crippen LogP contribution in [-0.4, -0.2) is 23.9 Å². The Bertz CT molecular complexity index is 189. The molecule has 0 bridgehead atoms. The largest absolute Gasteiger partial charge is 0.363 e. The van der Waals surface area contributed by atoms with E-state index in [4.69, 9.17) is 0 Å². The van der Waals surface area contributed by atoms with Crippen LogP contribution in [0.4, 0.5) is 8.78 Å². The molecule has 0 unspecified atom stereocenters. The molecule has 1 rings (SSSR count). The van der Waals surface area contributed by atoms with Crippen LogP contribution in [0.2, 0.25) is 0 Å². The first-order valence-electron chi connectivity index (χ1n) is 4.25. The second-order valence-corrected chi connectivity index (χ2v) is 3.58. The fraction of sp³-hybridized carbons (Fsp3) is 0.778. The Hall–Kier alpha value is -0.600. The highest BCUT2D eigenvalue weighted by atomic mass is 19.3. The third kappa shape index (κ3) is 1.76. The summed E-state index contributed by atoms with van der Waals surface area (Å²) in [6.07, 6.45) is 1.92. The van der Waals surface area contributed by atoms with E-state index < -0.39 is 5.92 Å². The van der Waals surface area contributed by atoms with Gasteiger partial charge in [-0.15, -0.1) is 0 Å². The molecular formula is C9H15F2N. The van der Waals surface area contributed by atoms with Crippen molar-refractivity contribution in [2.75, 3.05) is 13.1 Å². The van der Waals surface area contributed by atoms with Gasteiger partial charge in [0.25, 0.3) is 5.92 Å². The van der Waals surface area contributed by atoms with E-state index in [-0.39, 0.29) is 13.1 Å². The Morgan fingerprint density at radius 2 is 1.92 bits per heavy atom. The lowest BCUT2D eigenvalue weighted by atomic mass is 10.0. The number of halogens is 2. The van der Waals surface area contributed by atoms with Crippen LogP contribution in [0.15, 0.2) is 11.8 Å². The number of rotatable bonds is 2. The number of allylic oxidation sites excluding steroid dienone is 2. The monoisotopic (exact) mass is 175 g/mol. The number of hydrogen-bond acceptors (Lipinski definition) is 1. The predicted octanol–water partition coefficient (Wildman–Crippen LogP) is 2.50. The fourth-order valence-electron chi connectivity index (χ4n) is 1.58. The zero-order valence-corrected chi connectivity index (χ0v) is 7.77. The Labute approximate surface area is 72.1 Å². The number of likely N-dealkylation sites (tertiary alicyclic amines) is 1. The summed E-state index contributed by atoms with van der Waals surface area (Å²) in [5, 5.41) is 0. The molecule has 0 aromatic rings. The molecule has 1 heterocycles. The van der Waals surface area contributed by atoms with Gasteiger partial charge in [0.15, 0.2) is 0 Å². The second-order valence-electron chi connectivity index (χ2n) is 3.58. The Balaban J connectivity index is 2.51. The second kappa shape index (κ2) is 3.04. The van der Waals surface area contributed by atoms with Crippen molar-refractivity contribution in [2.45, 2.75) is 26.7 Å². The van der Waals surface area contributed by atoms with Crippen molar-refractivity contribution in [3.05, 3.63) is 11.8 Å². The SMILES string of the molecule is C/C=C(/C(C)C)N1CC(F)(F)C1. The number of hydrogen-bond donors (Lipinski definition) is 0. The lowest BCUT2D eigenvalue weighted by Gasteiger charge is -2.43. The topological polar surface area (TPSA) is 3.24 Å².